The van der Waals surface area contributed by atoms with Crippen molar-refractivity contribution in [2.45, 2.75) is 32.4 Å². The summed E-state index contributed by atoms with van der Waals surface area (Å²) < 4.78 is 0. The van der Waals surface area contributed by atoms with Gasteiger partial charge in [0.25, 0.3) is 5.91 Å². The minimum Gasteiger partial charge on any atom is -0.507 e. The Kier molecular flexibility index (Phi) is 4.98. The lowest BCUT2D eigenvalue weighted by Gasteiger charge is -2.26. The van der Waals surface area contributed by atoms with E-state index in [2.05, 4.69) is 53.3 Å². The Bertz CT molecular complexity index is 1260. The van der Waals surface area contributed by atoms with Crippen molar-refractivity contribution in [3.05, 3.63) is 101 Å². The van der Waals surface area contributed by atoms with Crippen LogP contribution in [0.4, 0.5) is 0 Å². The van der Waals surface area contributed by atoms with Crippen molar-refractivity contribution in [1.82, 2.24) is 20.1 Å². The average molecular weight is 425 g/mol. The zero-order chi connectivity index (χ0) is 22.2. The van der Waals surface area contributed by atoms with Gasteiger partial charge in [-0.15, -0.1) is 0 Å². The van der Waals surface area contributed by atoms with Crippen LogP contribution in [0.5, 0.6) is 5.75 Å². The quantitative estimate of drug-likeness (QED) is 0.470. The smallest absolute Gasteiger partial charge is 0.273 e. The molecule has 0 saturated carbocycles. The molecule has 0 bridgehead atoms. The van der Waals surface area contributed by atoms with E-state index < -0.39 is 0 Å². The van der Waals surface area contributed by atoms with Gasteiger partial charge in [-0.05, 0) is 40.8 Å². The molecule has 0 fully saturated rings. The van der Waals surface area contributed by atoms with Gasteiger partial charge in [0, 0.05) is 30.1 Å². The number of phenols is 1. The lowest BCUT2D eigenvalue weighted by atomic mass is 9.93. The number of carbonyl (C=O) groups is 1. The first-order valence-corrected chi connectivity index (χ1v) is 10.7. The number of carbonyl (C=O) groups excluding carboxylic acids is 1. The van der Waals surface area contributed by atoms with Gasteiger partial charge in [0.1, 0.15) is 17.1 Å². The first-order valence-electron chi connectivity index (χ1n) is 10.7. The maximum atomic E-state index is 13.5. The number of rotatable bonds is 5. The number of pyridine rings is 1. The molecule has 0 saturated heterocycles. The van der Waals surface area contributed by atoms with Crippen molar-refractivity contribution in [3.63, 3.8) is 0 Å². The van der Waals surface area contributed by atoms with Crippen molar-refractivity contribution in [2.75, 3.05) is 0 Å². The fraction of sp³-hybridized carbons (Fsp3) is 0.192. The summed E-state index contributed by atoms with van der Waals surface area (Å²) in [7, 11) is 0. The van der Waals surface area contributed by atoms with Gasteiger partial charge in [-0.3, -0.25) is 14.9 Å². The van der Waals surface area contributed by atoms with Gasteiger partial charge < -0.3 is 10.0 Å². The van der Waals surface area contributed by atoms with E-state index in [9.17, 15) is 9.90 Å². The molecular weight excluding hydrogens is 400 g/mol. The first kappa shape index (κ1) is 20.0. The average Bonchev–Trinajstić information content (AvgIpc) is 3.34. The molecule has 5 rings (SSSR count). The van der Waals surface area contributed by atoms with Crippen LogP contribution in [0.1, 0.15) is 58.5 Å². The Hall–Kier alpha value is -3.93. The van der Waals surface area contributed by atoms with E-state index in [1.54, 1.807) is 24.5 Å². The third kappa shape index (κ3) is 3.34. The molecule has 6 heteroatoms. The highest BCUT2D eigenvalue weighted by Gasteiger charge is 2.42. The topological polar surface area (TPSA) is 82.1 Å². The number of aromatic nitrogens is 3. The van der Waals surface area contributed by atoms with E-state index >= 15 is 0 Å². The van der Waals surface area contributed by atoms with Crippen molar-refractivity contribution in [1.29, 1.82) is 0 Å². The second-order valence-corrected chi connectivity index (χ2v) is 8.40. The van der Waals surface area contributed by atoms with Gasteiger partial charge in [-0.2, -0.15) is 5.10 Å². The fourth-order valence-electron chi connectivity index (χ4n) is 4.34. The third-order valence-corrected chi connectivity index (χ3v) is 6.02. The number of aromatic amines is 1. The van der Waals surface area contributed by atoms with E-state index in [0.29, 0.717) is 29.4 Å². The van der Waals surface area contributed by atoms with Crippen LogP contribution in [0, 0.1) is 0 Å². The first-order chi connectivity index (χ1) is 15.5. The molecule has 0 spiro atoms. The molecule has 0 unspecified atom stereocenters. The summed E-state index contributed by atoms with van der Waals surface area (Å²) >= 11 is 0. The molecule has 3 heterocycles. The molecule has 1 atom stereocenters. The number of phenolic OH excluding ortho intramolecular Hbond substituents is 1. The van der Waals surface area contributed by atoms with Crippen LogP contribution in [0.15, 0.2) is 73.1 Å². The van der Waals surface area contributed by atoms with Crippen LogP contribution < -0.4 is 0 Å². The Morgan fingerprint density at radius 1 is 1.06 bits per heavy atom. The fourth-order valence-corrected chi connectivity index (χ4v) is 4.34. The van der Waals surface area contributed by atoms with Crippen LogP contribution in [0.3, 0.4) is 0 Å². The molecule has 1 aliphatic rings. The van der Waals surface area contributed by atoms with Crippen LogP contribution >= 0.6 is 0 Å². The minimum atomic E-state index is -0.327. The number of H-pyrrole nitrogens is 1. The number of benzene rings is 2. The lowest BCUT2D eigenvalue weighted by molar-refractivity contribution is 0.0730. The van der Waals surface area contributed by atoms with Crippen LogP contribution in [-0.4, -0.2) is 31.1 Å². The zero-order valence-electron chi connectivity index (χ0n) is 18.0. The van der Waals surface area contributed by atoms with Crippen molar-refractivity contribution in [3.8, 4) is 17.0 Å². The van der Waals surface area contributed by atoms with Crippen molar-refractivity contribution < 1.29 is 9.90 Å². The number of nitrogens with zero attached hydrogens (tertiary/aromatic N) is 3. The summed E-state index contributed by atoms with van der Waals surface area (Å²) in [5.41, 5.74) is 5.64. The number of fused-ring (bicyclic) bond motifs is 1. The molecule has 0 radical (unpaired) electrons. The second-order valence-electron chi connectivity index (χ2n) is 8.40. The van der Waals surface area contributed by atoms with Gasteiger partial charge >= 0.3 is 0 Å². The Balaban J connectivity index is 1.65. The number of hydrogen-bond donors (Lipinski definition) is 2. The number of amides is 1. The van der Waals surface area contributed by atoms with Crippen LogP contribution in [0.25, 0.3) is 11.3 Å². The van der Waals surface area contributed by atoms with E-state index in [0.717, 1.165) is 16.7 Å². The SMILES string of the molecule is CC(C)c1ccc([C@@H]2c3c(-c4ccccc4O)n[nH]c3C(=O)N2Cc2cccnc2)cc1. The zero-order valence-corrected chi connectivity index (χ0v) is 18.0. The summed E-state index contributed by atoms with van der Waals surface area (Å²) in [6, 6.07) is 19.0. The van der Waals surface area contributed by atoms with E-state index in [4.69, 9.17) is 0 Å². The predicted molar refractivity (Wildman–Crippen MR) is 122 cm³/mol. The van der Waals surface area contributed by atoms with Gasteiger partial charge in [0.05, 0.1) is 6.04 Å². The summed E-state index contributed by atoms with van der Waals surface area (Å²) in [4.78, 5) is 19.5. The predicted octanol–water partition coefficient (Wildman–Crippen LogP) is 5.05. The Labute approximate surface area is 186 Å². The number of para-hydroxylation sites is 1. The largest absolute Gasteiger partial charge is 0.507 e. The normalized spacial score (nSPS) is 15.4. The van der Waals surface area contributed by atoms with Gasteiger partial charge in [0.2, 0.25) is 0 Å². The third-order valence-electron chi connectivity index (χ3n) is 6.02. The second kappa shape index (κ2) is 7.96. The highest BCUT2D eigenvalue weighted by molar-refractivity contribution is 6.00. The molecule has 2 aromatic carbocycles. The lowest BCUT2D eigenvalue weighted by Crippen LogP contribution is -2.29. The highest BCUT2D eigenvalue weighted by Crippen LogP contribution is 2.45. The summed E-state index contributed by atoms with van der Waals surface area (Å²) in [6.07, 6.45) is 3.50. The summed E-state index contributed by atoms with van der Waals surface area (Å²) in [5.74, 6) is 0.437. The standard InChI is InChI=1S/C26H24N4O2/c1-16(2)18-9-11-19(12-10-18)25-22-23(20-7-3-4-8-21(20)31)28-29-24(22)26(32)30(25)15-17-6-5-13-27-14-17/h3-14,16,25,31H,15H2,1-2H3,(H,28,29)/t25-/m1/s1. The van der Waals surface area contributed by atoms with Gasteiger partial charge in [0.15, 0.2) is 0 Å². The maximum absolute atomic E-state index is 13.5. The Morgan fingerprint density at radius 2 is 1.84 bits per heavy atom. The summed E-state index contributed by atoms with van der Waals surface area (Å²) in [5, 5.41) is 17.9. The molecule has 32 heavy (non-hydrogen) atoms. The molecule has 1 aliphatic heterocycles. The van der Waals surface area contributed by atoms with E-state index in [1.807, 2.05) is 29.2 Å². The molecule has 2 N–H and O–H groups in total. The Morgan fingerprint density at radius 3 is 2.53 bits per heavy atom. The van der Waals surface area contributed by atoms with Crippen molar-refractivity contribution >= 4 is 5.91 Å². The van der Waals surface area contributed by atoms with Crippen LogP contribution in [0.2, 0.25) is 0 Å². The van der Waals surface area contributed by atoms with Crippen molar-refractivity contribution in [2.24, 2.45) is 0 Å². The van der Waals surface area contributed by atoms with Gasteiger partial charge in [-0.25, -0.2) is 0 Å². The van der Waals surface area contributed by atoms with Crippen LogP contribution in [-0.2, 0) is 6.54 Å². The molecule has 1 amide bonds. The molecule has 0 aliphatic carbocycles. The maximum Gasteiger partial charge on any atom is 0.273 e. The highest BCUT2D eigenvalue weighted by atomic mass is 16.3. The molecule has 4 aromatic rings. The molecular formula is C26H24N4O2. The molecule has 6 nitrogen and oxygen atoms in total. The van der Waals surface area contributed by atoms with Gasteiger partial charge in [-0.1, -0.05) is 56.3 Å². The number of nitrogens with one attached hydrogen (secondary N) is 1. The molecule has 2 aromatic heterocycles. The monoisotopic (exact) mass is 424 g/mol. The number of hydrogen-bond acceptors (Lipinski definition) is 4. The summed E-state index contributed by atoms with van der Waals surface area (Å²) in [6.45, 7) is 4.74. The van der Waals surface area contributed by atoms with E-state index in [-0.39, 0.29) is 17.7 Å². The van der Waals surface area contributed by atoms with E-state index in [1.165, 1.54) is 5.56 Å². The number of aromatic hydroxyl groups is 1. The molecule has 160 valence electrons. The minimum absolute atomic E-state index is 0.115.